The molecule has 0 spiro atoms. The van der Waals surface area contributed by atoms with Gasteiger partial charge < -0.3 is 0 Å². The van der Waals surface area contributed by atoms with Gasteiger partial charge in [0.2, 0.25) is 0 Å². The summed E-state index contributed by atoms with van der Waals surface area (Å²) in [6.45, 7) is 0.347. The van der Waals surface area contributed by atoms with Crippen LogP contribution in [-0.2, 0) is 12.7 Å². The smallest absolute Gasteiger partial charge is 0.268 e. The van der Waals surface area contributed by atoms with Crippen molar-refractivity contribution in [2.45, 2.75) is 12.7 Å². The number of benzene rings is 1. The number of hydrogen-bond acceptors (Lipinski definition) is 2. The Bertz CT molecular complexity index is 712. The number of aromatic nitrogens is 2. The van der Waals surface area contributed by atoms with Crippen molar-refractivity contribution in [1.29, 1.82) is 0 Å². The second-order valence-electron chi connectivity index (χ2n) is 4.15. The minimum Gasteiger partial charge on any atom is -0.268 e. The molecule has 0 saturated carbocycles. The Morgan fingerprint density at radius 2 is 1.95 bits per heavy atom. The van der Waals surface area contributed by atoms with E-state index in [1.165, 1.54) is 10.9 Å². The zero-order chi connectivity index (χ0) is 13.5. The summed E-state index contributed by atoms with van der Waals surface area (Å²) in [5, 5.41) is 6.58. The van der Waals surface area contributed by atoms with E-state index >= 15 is 0 Å². The lowest BCUT2D eigenvalue weighted by atomic mass is 10.2. The van der Waals surface area contributed by atoms with Crippen molar-refractivity contribution >= 4 is 21.4 Å². The zero-order valence-corrected chi connectivity index (χ0v) is 10.5. The Labute approximate surface area is 111 Å². The number of alkyl halides is 3. The van der Waals surface area contributed by atoms with Gasteiger partial charge in [-0.25, -0.2) is 0 Å². The summed E-state index contributed by atoms with van der Waals surface area (Å²) in [7, 11) is 0. The summed E-state index contributed by atoms with van der Waals surface area (Å²) < 4.78 is 39.8. The molecule has 0 N–H and O–H groups in total. The molecule has 2 nitrogen and oxygen atoms in total. The Morgan fingerprint density at radius 1 is 1.16 bits per heavy atom. The molecule has 19 heavy (non-hydrogen) atoms. The third-order valence-electron chi connectivity index (χ3n) is 2.82. The lowest BCUT2D eigenvalue weighted by Gasteiger charge is -2.02. The predicted octanol–water partition coefficient (Wildman–Crippen LogP) is 4.16. The van der Waals surface area contributed by atoms with Crippen LogP contribution < -0.4 is 0 Å². The van der Waals surface area contributed by atoms with Gasteiger partial charge in [-0.15, -0.1) is 11.3 Å². The SMILES string of the molecule is FC(F)(F)c1ccn(Cc2csc3ccccc23)n1. The van der Waals surface area contributed by atoms with Crippen LogP contribution in [0.25, 0.3) is 10.1 Å². The molecule has 0 fully saturated rings. The number of thiophene rings is 1. The Hall–Kier alpha value is -1.82. The second kappa shape index (κ2) is 4.38. The lowest BCUT2D eigenvalue weighted by molar-refractivity contribution is -0.141. The minimum absolute atomic E-state index is 0.347. The first kappa shape index (κ1) is 12.2. The molecule has 0 aliphatic heterocycles. The van der Waals surface area contributed by atoms with Crippen molar-refractivity contribution < 1.29 is 13.2 Å². The van der Waals surface area contributed by atoms with Crippen molar-refractivity contribution in [1.82, 2.24) is 9.78 Å². The average molecular weight is 282 g/mol. The number of hydrogen-bond donors (Lipinski definition) is 0. The molecule has 1 aromatic carbocycles. The van der Waals surface area contributed by atoms with E-state index < -0.39 is 11.9 Å². The Kier molecular flexibility index (Phi) is 2.82. The maximum atomic E-state index is 12.5. The molecule has 0 aliphatic rings. The molecular weight excluding hydrogens is 273 g/mol. The molecule has 3 aromatic rings. The molecule has 6 heteroatoms. The van der Waals surface area contributed by atoms with Gasteiger partial charge in [0.1, 0.15) is 0 Å². The van der Waals surface area contributed by atoms with Gasteiger partial charge >= 0.3 is 6.18 Å². The Balaban J connectivity index is 1.91. The number of rotatable bonds is 2. The highest BCUT2D eigenvalue weighted by atomic mass is 32.1. The van der Waals surface area contributed by atoms with Crippen LogP contribution >= 0.6 is 11.3 Å². The third-order valence-corrected chi connectivity index (χ3v) is 3.84. The topological polar surface area (TPSA) is 17.8 Å². The van der Waals surface area contributed by atoms with Crippen LogP contribution in [0, 0.1) is 0 Å². The van der Waals surface area contributed by atoms with Crippen molar-refractivity contribution in [3.05, 3.63) is 53.2 Å². The predicted molar refractivity (Wildman–Crippen MR) is 68.2 cm³/mol. The van der Waals surface area contributed by atoms with E-state index in [-0.39, 0.29) is 0 Å². The van der Waals surface area contributed by atoms with Gasteiger partial charge in [-0.2, -0.15) is 18.3 Å². The summed E-state index contributed by atoms with van der Waals surface area (Å²) in [4.78, 5) is 0. The molecule has 3 rings (SSSR count). The summed E-state index contributed by atoms with van der Waals surface area (Å²) in [6, 6.07) is 8.82. The molecule has 98 valence electrons. The maximum absolute atomic E-state index is 12.5. The van der Waals surface area contributed by atoms with Crippen LogP contribution in [0.1, 0.15) is 11.3 Å². The molecule has 0 atom stereocenters. The number of halogens is 3. The van der Waals surface area contributed by atoms with E-state index in [0.29, 0.717) is 6.54 Å². The maximum Gasteiger partial charge on any atom is 0.435 e. The monoisotopic (exact) mass is 282 g/mol. The van der Waals surface area contributed by atoms with Crippen LogP contribution in [0.4, 0.5) is 13.2 Å². The van der Waals surface area contributed by atoms with Gasteiger partial charge in [0.05, 0.1) is 6.54 Å². The van der Waals surface area contributed by atoms with Crippen molar-refractivity contribution in [2.75, 3.05) is 0 Å². The van der Waals surface area contributed by atoms with E-state index in [1.807, 2.05) is 29.6 Å². The fourth-order valence-electron chi connectivity index (χ4n) is 1.93. The Morgan fingerprint density at radius 3 is 2.68 bits per heavy atom. The normalized spacial score (nSPS) is 12.2. The third kappa shape index (κ3) is 2.35. The molecule has 0 amide bonds. The molecule has 0 saturated heterocycles. The van der Waals surface area contributed by atoms with Crippen molar-refractivity contribution in [3.8, 4) is 0 Å². The first-order valence-corrected chi connectivity index (χ1v) is 6.48. The van der Waals surface area contributed by atoms with Crippen LogP contribution in [-0.4, -0.2) is 9.78 Å². The number of fused-ring (bicyclic) bond motifs is 1. The molecule has 0 radical (unpaired) electrons. The van der Waals surface area contributed by atoms with Crippen LogP contribution in [0.5, 0.6) is 0 Å². The van der Waals surface area contributed by atoms with Gasteiger partial charge in [-0.05, 0) is 28.5 Å². The highest BCUT2D eigenvalue weighted by molar-refractivity contribution is 7.17. The fraction of sp³-hybridized carbons (Fsp3) is 0.154. The first-order valence-electron chi connectivity index (χ1n) is 5.60. The highest BCUT2D eigenvalue weighted by Gasteiger charge is 2.33. The molecule has 2 aromatic heterocycles. The van der Waals surface area contributed by atoms with Crippen LogP contribution in [0.15, 0.2) is 41.9 Å². The van der Waals surface area contributed by atoms with Gasteiger partial charge in [0.25, 0.3) is 0 Å². The standard InChI is InChI=1S/C13H9F3N2S/c14-13(15,16)12-5-6-18(17-12)7-9-8-19-11-4-2-1-3-10(9)11/h1-6,8H,7H2. The molecule has 2 heterocycles. The summed E-state index contributed by atoms with van der Waals surface area (Å²) in [5.74, 6) is 0. The lowest BCUT2D eigenvalue weighted by Crippen LogP contribution is -2.08. The van der Waals surface area contributed by atoms with Gasteiger partial charge in [-0.3, -0.25) is 4.68 Å². The molecule has 0 aliphatic carbocycles. The number of nitrogens with zero attached hydrogens (tertiary/aromatic N) is 2. The quantitative estimate of drug-likeness (QED) is 0.690. The fourth-order valence-corrected chi connectivity index (χ4v) is 2.88. The van der Waals surface area contributed by atoms with Crippen LogP contribution in [0.3, 0.4) is 0 Å². The summed E-state index contributed by atoms with van der Waals surface area (Å²) >= 11 is 1.58. The highest BCUT2D eigenvalue weighted by Crippen LogP contribution is 2.29. The second-order valence-corrected chi connectivity index (χ2v) is 5.06. The van der Waals surface area contributed by atoms with E-state index in [9.17, 15) is 13.2 Å². The van der Waals surface area contributed by atoms with Crippen molar-refractivity contribution in [2.24, 2.45) is 0 Å². The van der Waals surface area contributed by atoms with E-state index in [1.54, 1.807) is 11.3 Å². The van der Waals surface area contributed by atoms with Gasteiger partial charge in [0.15, 0.2) is 5.69 Å². The van der Waals surface area contributed by atoms with Gasteiger partial charge in [-0.1, -0.05) is 18.2 Å². The van der Waals surface area contributed by atoms with Crippen LogP contribution in [0.2, 0.25) is 0 Å². The molecule has 0 unspecified atom stereocenters. The average Bonchev–Trinajstić information content (AvgIpc) is 2.97. The first-order chi connectivity index (χ1) is 9.04. The van der Waals surface area contributed by atoms with E-state index in [4.69, 9.17) is 0 Å². The van der Waals surface area contributed by atoms with Gasteiger partial charge in [0, 0.05) is 10.9 Å². The minimum atomic E-state index is -4.39. The zero-order valence-electron chi connectivity index (χ0n) is 9.69. The summed E-state index contributed by atoms with van der Waals surface area (Å²) in [5.41, 5.74) is 0.129. The summed E-state index contributed by atoms with van der Waals surface area (Å²) in [6.07, 6.45) is -3.03. The molecular formula is C13H9F3N2S. The largest absolute Gasteiger partial charge is 0.435 e. The van der Waals surface area contributed by atoms with Crippen molar-refractivity contribution in [3.63, 3.8) is 0 Å². The molecule has 0 bridgehead atoms. The van der Waals surface area contributed by atoms with E-state index in [0.717, 1.165) is 21.7 Å². The van der Waals surface area contributed by atoms with E-state index in [2.05, 4.69) is 5.10 Å².